The van der Waals surface area contributed by atoms with Crippen molar-refractivity contribution in [2.45, 2.75) is 81.0 Å². The van der Waals surface area contributed by atoms with Crippen molar-refractivity contribution in [1.82, 2.24) is 5.32 Å². The van der Waals surface area contributed by atoms with Crippen molar-refractivity contribution in [3.63, 3.8) is 0 Å². The predicted molar refractivity (Wildman–Crippen MR) is 189 cm³/mol. The zero-order valence-corrected chi connectivity index (χ0v) is 31.8. The summed E-state index contributed by atoms with van der Waals surface area (Å²) in [4.78, 5) is 40.6. The van der Waals surface area contributed by atoms with E-state index in [2.05, 4.69) is 5.32 Å². The number of aromatic hydroxyl groups is 2. The van der Waals surface area contributed by atoms with Crippen LogP contribution in [-0.2, 0) is 38.7 Å². The fraction of sp³-hybridized carbons (Fsp3) is 0.583. The summed E-state index contributed by atoms with van der Waals surface area (Å²) in [6.07, 6.45) is -5.99. The molecule has 7 atom stereocenters. The molecule has 1 unspecified atom stereocenters. The Morgan fingerprint density at radius 3 is 2.39 bits per heavy atom. The van der Waals surface area contributed by atoms with E-state index in [4.69, 9.17) is 32.2 Å². The molecule has 7 N–H and O–H groups in total. The zero-order valence-electron chi connectivity index (χ0n) is 30.8. The highest BCUT2D eigenvalue weighted by Gasteiger charge is 2.50. The lowest BCUT2D eigenvalue weighted by Gasteiger charge is -2.43. The highest BCUT2D eigenvalue weighted by Crippen LogP contribution is 2.52. The first-order valence-electron chi connectivity index (χ1n) is 17.6. The summed E-state index contributed by atoms with van der Waals surface area (Å²) in [6, 6.07) is 4.17. The van der Waals surface area contributed by atoms with Gasteiger partial charge in [-0.3, -0.25) is 14.4 Å². The van der Waals surface area contributed by atoms with Crippen LogP contribution in [0.5, 0.6) is 17.2 Å². The van der Waals surface area contributed by atoms with Gasteiger partial charge in [-0.1, -0.05) is 12.1 Å². The Morgan fingerprint density at radius 1 is 1.06 bits per heavy atom. The van der Waals surface area contributed by atoms with E-state index in [1.165, 1.54) is 46.6 Å². The van der Waals surface area contributed by atoms with E-state index in [1.54, 1.807) is 6.92 Å². The van der Waals surface area contributed by atoms with Gasteiger partial charge in [0, 0.05) is 82.5 Å². The molecule has 1 saturated heterocycles. The topological polar surface area (TPSA) is 249 Å². The number of phenols is 2. The Kier molecular flexibility index (Phi) is 13.3. The normalized spacial score (nSPS) is 25.8. The number of hydrogen-bond donors (Lipinski definition) is 7. The van der Waals surface area contributed by atoms with E-state index >= 15 is 0 Å². The average Bonchev–Trinajstić information content (AvgIpc) is 3.16. The number of nitrogens with one attached hydrogen (secondary N) is 1. The van der Waals surface area contributed by atoms with Crippen LogP contribution in [0.25, 0.3) is 0 Å². The summed E-state index contributed by atoms with van der Waals surface area (Å²) in [5, 5.41) is 69.2. The van der Waals surface area contributed by atoms with Gasteiger partial charge < -0.3 is 68.2 Å². The minimum absolute atomic E-state index is 0.00963. The van der Waals surface area contributed by atoms with Gasteiger partial charge in [0.15, 0.2) is 17.9 Å². The van der Waals surface area contributed by atoms with Crippen molar-refractivity contribution in [3.8, 4) is 17.2 Å². The number of phenolic OH excluding ortho intramolecular Hbond substituents is 2. The van der Waals surface area contributed by atoms with Gasteiger partial charge in [-0.25, -0.2) is 0 Å². The third-order valence-electron chi connectivity index (χ3n) is 10.4. The molecular formula is C36H49NO16Si. The molecule has 2 aromatic rings. The fourth-order valence-electron chi connectivity index (χ4n) is 7.43. The molecule has 1 fully saturated rings. The molecule has 298 valence electrons. The minimum atomic E-state index is -2.75. The number of aliphatic hydroxyl groups excluding tert-OH is 3. The quantitative estimate of drug-likeness (QED) is 0.0552. The Bertz CT molecular complexity index is 1710. The molecule has 0 saturated carbocycles. The van der Waals surface area contributed by atoms with Crippen molar-refractivity contribution in [2.75, 3.05) is 54.8 Å². The van der Waals surface area contributed by atoms with Crippen molar-refractivity contribution < 1.29 is 77.2 Å². The van der Waals surface area contributed by atoms with E-state index in [-0.39, 0.29) is 47.6 Å². The average molecular weight is 780 g/mol. The number of aliphatic hydroxyl groups is 4. The van der Waals surface area contributed by atoms with Gasteiger partial charge in [0.05, 0.1) is 54.8 Å². The van der Waals surface area contributed by atoms with Crippen LogP contribution in [0.15, 0.2) is 18.2 Å². The van der Waals surface area contributed by atoms with Crippen LogP contribution in [0, 0.1) is 0 Å². The zero-order chi connectivity index (χ0) is 39.5. The van der Waals surface area contributed by atoms with Crippen LogP contribution in [0.3, 0.4) is 0 Å². The molecule has 54 heavy (non-hydrogen) atoms. The lowest BCUT2D eigenvalue weighted by molar-refractivity contribution is -0.250. The first kappa shape index (κ1) is 41.8. The first-order valence-corrected chi connectivity index (χ1v) is 19.5. The second-order valence-corrected chi connectivity index (χ2v) is 16.7. The summed E-state index contributed by atoms with van der Waals surface area (Å²) in [7, 11) is 3.13. The summed E-state index contributed by atoms with van der Waals surface area (Å²) in [5.74, 6) is -3.95. The number of carbonyl (C=O) groups excluding carboxylic acids is 3. The number of Topliss-reactive ketones (excluding diaryl/α,β-unsaturated/α-hetero) is 1. The lowest BCUT2D eigenvalue weighted by Crippen LogP contribution is -2.55. The molecule has 0 amide bonds. The Labute approximate surface area is 313 Å². The maximum atomic E-state index is 13.9. The van der Waals surface area contributed by atoms with Crippen LogP contribution in [0.1, 0.15) is 75.3 Å². The van der Waals surface area contributed by atoms with Crippen LogP contribution in [0.4, 0.5) is 0 Å². The first-order chi connectivity index (χ1) is 25.7. The molecule has 0 radical (unpaired) electrons. The largest absolute Gasteiger partial charge is 0.507 e. The SMILES string of the molecule is COc1cccc2c1C(=O)c1c(O)c3c(c(O)c1C2=O)C[C@@](O)(C(=O)CO)C[C@@H]3O[C@H]1C[C@H](NCC(O)COCCC[Si](OC)(OC)OC)[C@H](O)[C@H](C)O1. The van der Waals surface area contributed by atoms with Crippen LogP contribution in [0.2, 0.25) is 6.04 Å². The van der Waals surface area contributed by atoms with E-state index in [0.717, 1.165) is 0 Å². The number of ether oxygens (including phenoxy) is 4. The standard InChI is InChI=1S/C36H49NO16Si/c1-18-31(41)22(37-15-19(39)17-51-10-7-11-54(48-3,49-4)50-5)12-26(52-18)53-24-14-36(46,25(40)16-38)13-21-28(24)35(45)30-29(33(21)43)32(42)20-8-6-9-23(47-2)27(20)34(30)44/h6,8-9,18-19,22,24,26,31,37-39,41,43,45-46H,7,10-17H2,1-5H3/t18-,19?,22-,24-,26-,31+,36-/m0/s1. The molecule has 0 aromatic heterocycles. The number of fused-ring (bicyclic) bond motifs is 3. The molecule has 18 heteroatoms. The van der Waals surface area contributed by atoms with Gasteiger partial charge in [-0.2, -0.15) is 0 Å². The maximum absolute atomic E-state index is 13.9. The Morgan fingerprint density at radius 2 is 1.74 bits per heavy atom. The van der Waals surface area contributed by atoms with Gasteiger partial charge in [-0.05, 0) is 19.4 Å². The van der Waals surface area contributed by atoms with Gasteiger partial charge in [0.25, 0.3) is 0 Å². The van der Waals surface area contributed by atoms with E-state index in [1.807, 2.05) is 0 Å². The molecular weight excluding hydrogens is 730 g/mol. The summed E-state index contributed by atoms with van der Waals surface area (Å²) >= 11 is 0. The van der Waals surface area contributed by atoms with Gasteiger partial charge >= 0.3 is 8.80 Å². The Hall–Kier alpha value is -3.37. The van der Waals surface area contributed by atoms with Gasteiger partial charge in [0.2, 0.25) is 5.78 Å². The summed E-state index contributed by atoms with van der Waals surface area (Å²) in [5.41, 5.74) is -3.88. The minimum Gasteiger partial charge on any atom is -0.507 e. The number of carbonyl (C=O) groups is 3. The maximum Gasteiger partial charge on any atom is 0.500 e. The molecule has 5 rings (SSSR count). The van der Waals surface area contributed by atoms with Crippen molar-refractivity contribution in [2.24, 2.45) is 0 Å². The molecule has 17 nitrogen and oxygen atoms in total. The second-order valence-electron chi connectivity index (χ2n) is 13.6. The molecule has 0 bridgehead atoms. The molecule has 1 heterocycles. The third kappa shape index (κ3) is 7.97. The summed E-state index contributed by atoms with van der Waals surface area (Å²) in [6.45, 7) is 0.858. The monoisotopic (exact) mass is 779 g/mol. The van der Waals surface area contributed by atoms with Crippen LogP contribution in [-0.4, -0.2) is 148 Å². The lowest BCUT2D eigenvalue weighted by atomic mass is 9.72. The molecule has 3 aliphatic rings. The van der Waals surface area contributed by atoms with E-state index in [0.29, 0.717) is 19.1 Å². The van der Waals surface area contributed by atoms with Crippen LogP contribution < -0.4 is 10.1 Å². The number of methoxy groups -OCH3 is 1. The number of benzene rings is 2. The summed E-state index contributed by atoms with van der Waals surface area (Å²) < 4.78 is 39.3. The smallest absolute Gasteiger partial charge is 0.500 e. The molecule has 0 spiro atoms. The van der Waals surface area contributed by atoms with E-state index in [9.17, 15) is 45.0 Å². The van der Waals surface area contributed by atoms with Gasteiger partial charge in [0.1, 0.15) is 29.5 Å². The van der Waals surface area contributed by atoms with Crippen molar-refractivity contribution in [3.05, 3.63) is 51.6 Å². The fourth-order valence-corrected chi connectivity index (χ4v) is 9.12. The van der Waals surface area contributed by atoms with Crippen molar-refractivity contribution in [1.29, 1.82) is 0 Å². The highest BCUT2D eigenvalue weighted by atomic mass is 28.4. The van der Waals surface area contributed by atoms with Crippen LogP contribution >= 0.6 is 0 Å². The number of ketones is 3. The van der Waals surface area contributed by atoms with Crippen molar-refractivity contribution >= 4 is 26.2 Å². The predicted octanol–water partition coefficient (Wildman–Crippen LogP) is 0.278. The molecule has 2 aliphatic carbocycles. The number of rotatable bonds is 17. The van der Waals surface area contributed by atoms with E-state index < -0.39 is 111 Å². The number of hydrogen-bond acceptors (Lipinski definition) is 17. The van der Waals surface area contributed by atoms with Gasteiger partial charge in [-0.15, -0.1) is 0 Å². The third-order valence-corrected chi connectivity index (χ3v) is 13.2. The second kappa shape index (κ2) is 17.2. The molecule has 2 aromatic carbocycles. The Balaban J connectivity index is 1.35. The highest BCUT2D eigenvalue weighted by molar-refractivity contribution is 6.60. The molecule has 1 aliphatic heterocycles.